The molecule has 0 fully saturated rings. The fourth-order valence-electron chi connectivity index (χ4n) is 3.38. The summed E-state index contributed by atoms with van der Waals surface area (Å²) in [6.45, 7) is 3.16. The minimum Gasteiger partial charge on any atom is -0.295 e. The Bertz CT molecular complexity index is 836. The van der Waals surface area contributed by atoms with Crippen LogP contribution in [0, 0.1) is 0 Å². The Labute approximate surface area is 149 Å². The van der Waals surface area contributed by atoms with Crippen LogP contribution >= 0.6 is 0 Å². The fourth-order valence-corrected chi connectivity index (χ4v) is 3.38. The van der Waals surface area contributed by atoms with Gasteiger partial charge in [0.25, 0.3) is 0 Å². The molecule has 0 spiro atoms. The van der Waals surface area contributed by atoms with E-state index in [1.165, 1.54) is 22.3 Å². The van der Waals surface area contributed by atoms with E-state index < -0.39 is 0 Å². The van der Waals surface area contributed by atoms with Crippen LogP contribution < -0.4 is 0 Å². The molecule has 1 aliphatic rings. The quantitative estimate of drug-likeness (QED) is 0.668. The zero-order valence-electron chi connectivity index (χ0n) is 14.3. The average Bonchev–Trinajstić information content (AvgIpc) is 2.70. The summed E-state index contributed by atoms with van der Waals surface area (Å²) in [5.41, 5.74) is 6.32. The zero-order valence-corrected chi connectivity index (χ0v) is 14.3. The lowest BCUT2D eigenvalue weighted by Crippen LogP contribution is -2.29. The maximum absolute atomic E-state index is 4.43. The first kappa shape index (κ1) is 15.8. The molecule has 2 heteroatoms. The van der Waals surface area contributed by atoms with Crippen LogP contribution in [0.2, 0.25) is 0 Å². The van der Waals surface area contributed by atoms with Crippen molar-refractivity contribution in [1.82, 2.24) is 9.88 Å². The first-order valence-electron chi connectivity index (χ1n) is 8.86. The van der Waals surface area contributed by atoms with Gasteiger partial charge in [-0.3, -0.25) is 9.88 Å². The van der Waals surface area contributed by atoms with Crippen molar-refractivity contribution in [2.45, 2.75) is 13.0 Å². The second kappa shape index (κ2) is 7.45. The molecule has 0 bridgehead atoms. The highest BCUT2D eigenvalue weighted by molar-refractivity contribution is 5.70. The van der Waals surface area contributed by atoms with E-state index in [2.05, 4.69) is 76.6 Å². The van der Waals surface area contributed by atoms with E-state index in [9.17, 15) is 0 Å². The Morgan fingerprint density at radius 2 is 1.56 bits per heavy atom. The van der Waals surface area contributed by atoms with Crippen LogP contribution in [0.1, 0.15) is 17.5 Å². The van der Waals surface area contributed by atoms with Crippen LogP contribution in [0.5, 0.6) is 0 Å². The lowest BCUT2D eigenvalue weighted by Gasteiger charge is -2.27. The zero-order chi connectivity index (χ0) is 16.9. The molecule has 0 unspecified atom stereocenters. The summed E-state index contributed by atoms with van der Waals surface area (Å²) in [4.78, 5) is 6.95. The molecule has 2 aromatic carbocycles. The average molecular weight is 326 g/mol. The summed E-state index contributed by atoms with van der Waals surface area (Å²) in [5, 5.41) is 0. The second-order valence-electron chi connectivity index (χ2n) is 6.51. The van der Waals surface area contributed by atoms with E-state index in [1.807, 2.05) is 18.3 Å². The number of aromatic nitrogens is 1. The Morgan fingerprint density at radius 3 is 2.32 bits per heavy atom. The number of pyridine rings is 1. The molecule has 2 nitrogen and oxygen atoms in total. The van der Waals surface area contributed by atoms with E-state index in [0.29, 0.717) is 0 Å². The Hall–Kier alpha value is -2.71. The molecule has 0 atom stereocenters. The molecule has 0 aliphatic carbocycles. The van der Waals surface area contributed by atoms with Gasteiger partial charge in [-0.25, -0.2) is 0 Å². The molecule has 4 rings (SSSR count). The lowest BCUT2D eigenvalue weighted by molar-refractivity contribution is 0.296. The van der Waals surface area contributed by atoms with Crippen molar-refractivity contribution in [3.63, 3.8) is 0 Å². The molecule has 25 heavy (non-hydrogen) atoms. The van der Waals surface area contributed by atoms with Crippen molar-refractivity contribution in [3.05, 3.63) is 96.2 Å². The van der Waals surface area contributed by atoms with Gasteiger partial charge >= 0.3 is 0 Å². The minimum absolute atomic E-state index is 1.01. The predicted molar refractivity (Wildman–Crippen MR) is 104 cm³/mol. The lowest BCUT2D eigenvalue weighted by atomic mass is 9.99. The van der Waals surface area contributed by atoms with Crippen molar-refractivity contribution in [3.8, 4) is 11.3 Å². The van der Waals surface area contributed by atoms with E-state index in [-0.39, 0.29) is 0 Å². The van der Waals surface area contributed by atoms with Crippen molar-refractivity contribution in [1.29, 1.82) is 0 Å². The van der Waals surface area contributed by atoms with Gasteiger partial charge in [0, 0.05) is 31.4 Å². The SMILES string of the molecule is C1=C(c2ccc(-c3ccccn3)cc2)CN(Cc2ccccc2)CC1. The molecule has 3 aromatic rings. The normalized spacial score (nSPS) is 15.0. The van der Waals surface area contributed by atoms with Gasteiger partial charge in [0.1, 0.15) is 0 Å². The summed E-state index contributed by atoms with van der Waals surface area (Å²) in [6.07, 6.45) is 5.34. The van der Waals surface area contributed by atoms with E-state index in [1.54, 1.807) is 0 Å². The Kier molecular flexibility index (Phi) is 4.71. The molecule has 2 heterocycles. The Balaban J connectivity index is 1.47. The van der Waals surface area contributed by atoms with Crippen LogP contribution in [-0.2, 0) is 6.54 Å². The summed E-state index contributed by atoms with van der Waals surface area (Å²) >= 11 is 0. The second-order valence-corrected chi connectivity index (χ2v) is 6.51. The maximum atomic E-state index is 4.43. The third kappa shape index (κ3) is 3.86. The molecule has 0 N–H and O–H groups in total. The van der Waals surface area contributed by atoms with Crippen molar-refractivity contribution < 1.29 is 0 Å². The molecule has 0 radical (unpaired) electrons. The molecular weight excluding hydrogens is 304 g/mol. The summed E-state index contributed by atoms with van der Waals surface area (Å²) in [7, 11) is 0. The molecule has 1 aromatic heterocycles. The van der Waals surface area contributed by atoms with Gasteiger partial charge in [-0.2, -0.15) is 0 Å². The minimum atomic E-state index is 1.01. The number of hydrogen-bond donors (Lipinski definition) is 0. The van der Waals surface area contributed by atoms with E-state index >= 15 is 0 Å². The highest BCUT2D eigenvalue weighted by atomic mass is 15.1. The van der Waals surface area contributed by atoms with Crippen LogP contribution in [0.15, 0.2) is 85.1 Å². The van der Waals surface area contributed by atoms with E-state index in [0.717, 1.165) is 31.7 Å². The van der Waals surface area contributed by atoms with Crippen molar-refractivity contribution in [2.24, 2.45) is 0 Å². The monoisotopic (exact) mass is 326 g/mol. The maximum Gasteiger partial charge on any atom is 0.0701 e. The summed E-state index contributed by atoms with van der Waals surface area (Å²) in [5.74, 6) is 0. The van der Waals surface area contributed by atoms with E-state index in [4.69, 9.17) is 0 Å². The number of rotatable bonds is 4. The predicted octanol–water partition coefficient (Wildman–Crippen LogP) is 5.04. The first-order chi connectivity index (χ1) is 12.4. The van der Waals surface area contributed by atoms with Gasteiger partial charge in [-0.1, -0.05) is 66.7 Å². The van der Waals surface area contributed by atoms with Crippen molar-refractivity contribution >= 4 is 5.57 Å². The van der Waals surface area contributed by atoms with Gasteiger partial charge in [0.2, 0.25) is 0 Å². The summed E-state index contributed by atoms with van der Waals surface area (Å²) < 4.78 is 0. The van der Waals surface area contributed by atoms with Gasteiger partial charge in [0.05, 0.1) is 5.69 Å². The highest BCUT2D eigenvalue weighted by Gasteiger charge is 2.14. The van der Waals surface area contributed by atoms with Gasteiger partial charge in [0.15, 0.2) is 0 Å². The topological polar surface area (TPSA) is 16.1 Å². The largest absolute Gasteiger partial charge is 0.295 e. The van der Waals surface area contributed by atoms with Gasteiger partial charge in [-0.05, 0) is 35.3 Å². The molecule has 0 saturated carbocycles. The molecule has 1 aliphatic heterocycles. The smallest absolute Gasteiger partial charge is 0.0701 e. The fraction of sp³-hybridized carbons (Fsp3) is 0.174. The third-order valence-electron chi connectivity index (χ3n) is 4.70. The molecular formula is C23H22N2. The number of hydrogen-bond acceptors (Lipinski definition) is 2. The number of nitrogens with zero attached hydrogens (tertiary/aromatic N) is 2. The molecule has 0 saturated heterocycles. The highest BCUT2D eigenvalue weighted by Crippen LogP contribution is 2.25. The third-order valence-corrected chi connectivity index (χ3v) is 4.70. The van der Waals surface area contributed by atoms with Gasteiger partial charge in [-0.15, -0.1) is 0 Å². The van der Waals surface area contributed by atoms with Crippen molar-refractivity contribution in [2.75, 3.05) is 13.1 Å². The van der Waals surface area contributed by atoms with Crippen LogP contribution in [0.4, 0.5) is 0 Å². The standard InChI is InChI=1S/C23H22N2/c1-2-7-19(8-3-1)17-25-16-6-9-22(18-25)20-11-13-21(14-12-20)23-10-4-5-15-24-23/h1-5,7-15H,6,16-18H2. The van der Waals surface area contributed by atoms with Gasteiger partial charge < -0.3 is 0 Å². The van der Waals surface area contributed by atoms with Crippen LogP contribution in [0.3, 0.4) is 0 Å². The first-order valence-corrected chi connectivity index (χ1v) is 8.86. The van der Waals surface area contributed by atoms with Crippen LogP contribution in [0.25, 0.3) is 16.8 Å². The molecule has 124 valence electrons. The number of benzene rings is 2. The molecule has 0 amide bonds. The summed E-state index contributed by atoms with van der Waals surface area (Å²) in [6, 6.07) is 25.6. The Morgan fingerprint density at radius 1 is 0.800 bits per heavy atom. The van der Waals surface area contributed by atoms with Crippen LogP contribution in [-0.4, -0.2) is 23.0 Å².